The van der Waals surface area contributed by atoms with Gasteiger partial charge in [0.05, 0.1) is 12.6 Å². The fraction of sp³-hybridized carbons (Fsp3) is 0.833. The summed E-state index contributed by atoms with van der Waals surface area (Å²) >= 11 is 0. The van der Waals surface area contributed by atoms with Gasteiger partial charge in [-0.2, -0.15) is 0 Å². The second-order valence-electron chi connectivity index (χ2n) is 2.59. The molecule has 10 heavy (non-hydrogen) atoms. The molecule has 0 bridgehead atoms. The van der Waals surface area contributed by atoms with Crippen LogP contribution in [-0.2, 0) is 4.79 Å². The van der Waals surface area contributed by atoms with Gasteiger partial charge >= 0.3 is 0 Å². The van der Waals surface area contributed by atoms with Crippen LogP contribution in [0.1, 0.15) is 12.8 Å². The summed E-state index contributed by atoms with van der Waals surface area (Å²) in [5, 5.41) is 11.5. The van der Waals surface area contributed by atoms with E-state index in [2.05, 4.69) is 5.32 Å². The zero-order chi connectivity index (χ0) is 7.56. The molecule has 1 saturated carbocycles. The lowest BCUT2D eigenvalue weighted by Gasteiger charge is -2.31. The summed E-state index contributed by atoms with van der Waals surface area (Å²) in [6, 6.07) is 0.158. The van der Waals surface area contributed by atoms with Crippen molar-refractivity contribution >= 4 is 5.91 Å². The molecule has 0 aromatic carbocycles. The predicted molar refractivity (Wildman–Crippen MR) is 36.2 cm³/mol. The molecule has 0 spiro atoms. The van der Waals surface area contributed by atoms with Crippen molar-refractivity contribution in [2.45, 2.75) is 25.0 Å². The molecule has 0 aliphatic heterocycles. The molecule has 1 fully saturated rings. The van der Waals surface area contributed by atoms with Gasteiger partial charge in [-0.1, -0.05) is 0 Å². The highest BCUT2D eigenvalue weighted by molar-refractivity contribution is 5.78. The maximum absolute atomic E-state index is 10.6. The third-order valence-electron chi connectivity index (χ3n) is 1.66. The predicted octanol–water partition coefficient (Wildman–Crippen LogP) is -1.42. The number of carbonyl (C=O) groups is 1. The first kappa shape index (κ1) is 7.50. The van der Waals surface area contributed by atoms with Crippen LogP contribution in [0.3, 0.4) is 0 Å². The fourth-order valence-corrected chi connectivity index (χ4v) is 0.992. The number of carbonyl (C=O) groups excluding carboxylic acids is 1. The van der Waals surface area contributed by atoms with Gasteiger partial charge in [-0.25, -0.2) is 0 Å². The number of amides is 1. The van der Waals surface area contributed by atoms with Crippen molar-refractivity contribution in [3.05, 3.63) is 0 Å². The Balaban J connectivity index is 2.10. The molecule has 0 unspecified atom stereocenters. The van der Waals surface area contributed by atoms with Crippen LogP contribution in [0.15, 0.2) is 0 Å². The second-order valence-corrected chi connectivity index (χ2v) is 2.59. The van der Waals surface area contributed by atoms with Crippen molar-refractivity contribution in [2.75, 3.05) is 6.54 Å². The number of hydrogen-bond donors (Lipinski definition) is 3. The molecule has 4 N–H and O–H groups in total. The smallest absolute Gasteiger partial charge is 0.233 e. The van der Waals surface area contributed by atoms with Crippen molar-refractivity contribution in [2.24, 2.45) is 5.73 Å². The van der Waals surface area contributed by atoms with Crippen LogP contribution in [0.2, 0.25) is 0 Å². The molecule has 0 heterocycles. The molecule has 1 aliphatic rings. The molecular formula is C6H12N2O2. The lowest BCUT2D eigenvalue weighted by molar-refractivity contribution is -0.121. The minimum Gasteiger partial charge on any atom is -0.393 e. The number of rotatable bonds is 2. The van der Waals surface area contributed by atoms with E-state index in [4.69, 9.17) is 10.8 Å². The average molecular weight is 144 g/mol. The van der Waals surface area contributed by atoms with Gasteiger partial charge in [-0.15, -0.1) is 0 Å². The topological polar surface area (TPSA) is 75.4 Å². The third-order valence-corrected chi connectivity index (χ3v) is 1.66. The molecule has 0 saturated heterocycles. The van der Waals surface area contributed by atoms with E-state index in [9.17, 15) is 4.79 Å². The number of hydrogen-bond acceptors (Lipinski definition) is 3. The monoisotopic (exact) mass is 144 g/mol. The van der Waals surface area contributed by atoms with Crippen molar-refractivity contribution < 1.29 is 9.90 Å². The molecule has 1 aliphatic carbocycles. The molecule has 1 amide bonds. The first-order valence-corrected chi connectivity index (χ1v) is 3.40. The summed E-state index contributed by atoms with van der Waals surface area (Å²) in [6.07, 6.45) is 1.13. The Bertz CT molecular complexity index is 132. The standard InChI is InChI=1S/C6H12N2O2/c7-3-6(10)8-4-1-5(9)2-4/h4-5,9H,1-3,7H2,(H,8,10). The summed E-state index contributed by atoms with van der Waals surface area (Å²) in [6.45, 7) is 0.0343. The number of nitrogens with one attached hydrogen (secondary N) is 1. The van der Waals surface area contributed by atoms with E-state index in [1.165, 1.54) is 0 Å². The fourth-order valence-electron chi connectivity index (χ4n) is 0.992. The molecule has 58 valence electrons. The van der Waals surface area contributed by atoms with E-state index in [-0.39, 0.29) is 24.6 Å². The third kappa shape index (κ3) is 1.68. The second kappa shape index (κ2) is 2.98. The molecule has 4 nitrogen and oxygen atoms in total. The Labute approximate surface area is 59.4 Å². The highest BCUT2D eigenvalue weighted by Gasteiger charge is 2.27. The van der Waals surface area contributed by atoms with Crippen LogP contribution in [0.25, 0.3) is 0 Å². The minimum absolute atomic E-state index is 0.0343. The normalized spacial score (nSPS) is 31.0. The first-order chi connectivity index (χ1) is 4.72. The van der Waals surface area contributed by atoms with Crippen molar-refractivity contribution in [3.63, 3.8) is 0 Å². The Morgan fingerprint density at radius 3 is 2.70 bits per heavy atom. The summed E-state index contributed by atoms with van der Waals surface area (Å²) < 4.78 is 0. The van der Waals surface area contributed by atoms with Gasteiger partial charge in [0.25, 0.3) is 0 Å². The van der Waals surface area contributed by atoms with Gasteiger partial charge in [-0.3, -0.25) is 4.79 Å². The molecular weight excluding hydrogens is 132 g/mol. The summed E-state index contributed by atoms with van der Waals surface area (Å²) in [7, 11) is 0. The maximum Gasteiger partial charge on any atom is 0.233 e. The van der Waals surface area contributed by atoms with Crippen molar-refractivity contribution in [3.8, 4) is 0 Å². The number of aliphatic hydroxyl groups excluding tert-OH is 1. The van der Waals surface area contributed by atoms with Crippen molar-refractivity contribution in [1.29, 1.82) is 0 Å². The summed E-state index contributed by atoms with van der Waals surface area (Å²) in [4.78, 5) is 10.6. The average Bonchev–Trinajstić information content (AvgIpc) is 1.84. The molecule has 0 aromatic rings. The van der Waals surface area contributed by atoms with Gasteiger partial charge in [0.1, 0.15) is 0 Å². The lowest BCUT2D eigenvalue weighted by atomic mass is 9.89. The van der Waals surface area contributed by atoms with Gasteiger partial charge < -0.3 is 16.2 Å². The molecule has 0 radical (unpaired) electrons. The van der Waals surface area contributed by atoms with Crippen LogP contribution >= 0.6 is 0 Å². The summed E-state index contributed by atoms with van der Waals surface area (Å²) in [5.74, 6) is -0.142. The zero-order valence-corrected chi connectivity index (χ0v) is 5.71. The summed E-state index contributed by atoms with van der Waals surface area (Å²) in [5.41, 5.74) is 5.06. The Kier molecular flexibility index (Phi) is 2.24. The van der Waals surface area contributed by atoms with Crippen LogP contribution < -0.4 is 11.1 Å². The van der Waals surface area contributed by atoms with Gasteiger partial charge in [-0.05, 0) is 12.8 Å². The highest BCUT2D eigenvalue weighted by atomic mass is 16.3. The largest absolute Gasteiger partial charge is 0.393 e. The lowest BCUT2D eigenvalue weighted by Crippen LogP contribution is -2.48. The van der Waals surface area contributed by atoms with Gasteiger partial charge in [0.2, 0.25) is 5.91 Å². The van der Waals surface area contributed by atoms with E-state index in [0.717, 1.165) is 0 Å². The Morgan fingerprint density at radius 1 is 1.70 bits per heavy atom. The van der Waals surface area contributed by atoms with E-state index >= 15 is 0 Å². The van der Waals surface area contributed by atoms with Gasteiger partial charge in [0.15, 0.2) is 0 Å². The molecule has 4 heteroatoms. The van der Waals surface area contributed by atoms with Crippen LogP contribution in [0, 0.1) is 0 Å². The number of nitrogens with two attached hydrogens (primary N) is 1. The SMILES string of the molecule is NCC(=O)NC1CC(O)C1. The Hall–Kier alpha value is -0.610. The molecule has 1 rings (SSSR count). The quantitative estimate of drug-likeness (QED) is 0.445. The zero-order valence-electron chi connectivity index (χ0n) is 5.71. The molecule has 0 aromatic heterocycles. The van der Waals surface area contributed by atoms with Crippen LogP contribution in [-0.4, -0.2) is 29.7 Å². The first-order valence-electron chi connectivity index (χ1n) is 3.40. The van der Waals surface area contributed by atoms with E-state index < -0.39 is 0 Å². The molecule has 0 atom stereocenters. The van der Waals surface area contributed by atoms with E-state index in [0.29, 0.717) is 12.8 Å². The minimum atomic E-state index is -0.219. The van der Waals surface area contributed by atoms with Crippen LogP contribution in [0.4, 0.5) is 0 Å². The van der Waals surface area contributed by atoms with Crippen molar-refractivity contribution in [1.82, 2.24) is 5.32 Å². The van der Waals surface area contributed by atoms with Crippen LogP contribution in [0.5, 0.6) is 0 Å². The highest BCUT2D eigenvalue weighted by Crippen LogP contribution is 2.18. The number of aliphatic hydroxyl groups is 1. The van der Waals surface area contributed by atoms with E-state index in [1.807, 2.05) is 0 Å². The van der Waals surface area contributed by atoms with Gasteiger partial charge in [0, 0.05) is 6.04 Å². The maximum atomic E-state index is 10.6. The Morgan fingerprint density at radius 2 is 2.30 bits per heavy atom. The van der Waals surface area contributed by atoms with E-state index in [1.54, 1.807) is 0 Å².